The summed E-state index contributed by atoms with van der Waals surface area (Å²) in [4.78, 5) is 0. The van der Waals surface area contributed by atoms with Crippen molar-refractivity contribution in [2.75, 3.05) is 0 Å². The fourth-order valence-corrected chi connectivity index (χ4v) is 8.99. The van der Waals surface area contributed by atoms with Crippen LogP contribution >= 0.6 is 0 Å². The van der Waals surface area contributed by atoms with Gasteiger partial charge in [-0.3, -0.25) is 0 Å². The van der Waals surface area contributed by atoms with Crippen LogP contribution in [0.5, 0.6) is 0 Å². The van der Waals surface area contributed by atoms with Gasteiger partial charge in [0.25, 0.3) is 0 Å². The standard InChI is InChI=1S/C27H46O4/c1-16(2)7-6-8-17(3)20-9-10-21-19-13-23(30)27(31)14-18(28)11-12-26(27,5)24(19)22(29)15-25(20,21)4/h6,8,16-24,28-31H,7,9-15H2,1-5H3/b8-6+/t17-,18+,19+,20-,21+,22+,23-,24-,25-,26-,27+/m1/s1. The minimum absolute atomic E-state index is 0.00276. The first kappa shape index (κ1) is 23.7. The van der Waals surface area contributed by atoms with Crippen LogP contribution < -0.4 is 0 Å². The van der Waals surface area contributed by atoms with E-state index in [4.69, 9.17) is 0 Å². The molecule has 0 saturated heterocycles. The maximum Gasteiger partial charge on any atom is 0.0986 e. The molecule has 4 rings (SSSR count). The van der Waals surface area contributed by atoms with Gasteiger partial charge in [0.1, 0.15) is 0 Å². The third-order valence-corrected chi connectivity index (χ3v) is 10.5. The Hall–Kier alpha value is -0.420. The lowest BCUT2D eigenvalue weighted by Gasteiger charge is -2.66. The quantitative estimate of drug-likeness (QED) is 0.497. The second-order valence-corrected chi connectivity index (χ2v) is 12.7. The van der Waals surface area contributed by atoms with E-state index in [-0.39, 0.29) is 23.7 Å². The molecule has 0 aromatic rings. The summed E-state index contributed by atoms with van der Waals surface area (Å²) in [5.41, 5.74) is -1.77. The summed E-state index contributed by atoms with van der Waals surface area (Å²) in [6.45, 7) is 11.3. The molecule has 4 heteroatoms. The maximum absolute atomic E-state index is 11.6. The van der Waals surface area contributed by atoms with E-state index in [9.17, 15) is 20.4 Å². The number of hydrogen-bond acceptors (Lipinski definition) is 4. The van der Waals surface area contributed by atoms with Crippen LogP contribution in [0.2, 0.25) is 0 Å². The van der Waals surface area contributed by atoms with Crippen LogP contribution in [0.1, 0.15) is 86.0 Å². The van der Waals surface area contributed by atoms with Crippen molar-refractivity contribution in [2.45, 2.75) is 110 Å². The second-order valence-electron chi connectivity index (χ2n) is 12.7. The number of fused-ring (bicyclic) bond motifs is 5. The highest BCUT2D eigenvalue weighted by molar-refractivity contribution is 5.19. The van der Waals surface area contributed by atoms with Crippen molar-refractivity contribution in [1.82, 2.24) is 0 Å². The fraction of sp³-hybridized carbons (Fsp3) is 0.926. The molecule has 0 aromatic heterocycles. The van der Waals surface area contributed by atoms with Crippen LogP contribution in [0.15, 0.2) is 12.2 Å². The molecule has 0 spiro atoms. The van der Waals surface area contributed by atoms with Crippen molar-refractivity contribution in [3.8, 4) is 0 Å². The van der Waals surface area contributed by atoms with Gasteiger partial charge >= 0.3 is 0 Å². The van der Waals surface area contributed by atoms with Gasteiger partial charge in [-0.2, -0.15) is 0 Å². The highest BCUT2D eigenvalue weighted by Crippen LogP contribution is 2.69. The van der Waals surface area contributed by atoms with Crippen LogP contribution in [0.3, 0.4) is 0 Å². The Bertz CT molecular complexity index is 691. The van der Waals surface area contributed by atoms with Crippen LogP contribution in [0, 0.1) is 46.3 Å². The third-order valence-electron chi connectivity index (χ3n) is 10.5. The van der Waals surface area contributed by atoms with E-state index < -0.39 is 29.3 Å². The molecular formula is C27H46O4. The van der Waals surface area contributed by atoms with Gasteiger partial charge in [-0.1, -0.05) is 46.8 Å². The van der Waals surface area contributed by atoms with Crippen molar-refractivity contribution < 1.29 is 20.4 Å². The summed E-state index contributed by atoms with van der Waals surface area (Å²) in [5, 5.41) is 44.6. The largest absolute Gasteiger partial charge is 0.393 e. The molecule has 31 heavy (non-hydrogen) atoms. The monoisotopic (exact) mass is 434 g/mol. The van der Waals surface area contributed by atoms with Crippen LogP contribution in [-0.2, 0) is 0 Å². The Labute approximate surface area is 189 Å². The molecule has 4 aliphatic rings. The van der Waals surface area contributed by atoms with Crippen molar-refractivity contribution in [2.24, 2.45) is 46.3 Å². The van der Waals surface area contributed by atoms with E-state index in [1.165, 1.54) is 6.42 Å². The molecule has 178 valence electrons. The number of hydrogen-bond donors (Lipinski definition) is 4. The normalized spacial score (nSPS) is 53.3. The van der Waals surface area contributed by atoms with Crippen molar-refractivity contribution in [3.05, 3.63) is 12.2 Å². The van der Waals surface area contributed by atoms with E-state index in [1.54, 1.807) is 0 Å². The molecule has 0 amide bonds. The molecule has 0 unspecified atom stereocenters. The average molecular weight is 435 g/mol. The van der Waals surface area contributed by atoms with Gasteiger partial charge in [-0.25, -0.2) is 0 Å². The average Bonchev–Trinajstić information content (AvgIpc) is 3.00. The molecule has 4 nitrogen and oxygen atoms in total. The fourth-order valence-electron chi connectivity index (χ4n) is 8.99. The van der Waals surface area contributed by atoms with E-state index in [0.29, 0.717) is 42.9 Å². The molecule has 0 radical (unpaired) electrons. The first-order chi connectivity index (χ1) is 14.4. The minimum Gasteiger partial charge on any atom is -0.393 e. The molecule has 4 N–H and O–H groups in total. The Morgan fingerprint density at radius 2 is 1.71 bits per heavy atom. The van der Waals surface area contributed by atoms with Crippen LogP contribution in [-0.4, -0.2) is 44.3 Å². The number of aliphatic hydroxyl groups is 4. The summed E-state index contributed by atoms with van der Waals surface area (Å²) in [6, 6.07) is 0. The van der Waals surface area contributed by atoms with Crippen molar-refractivity contribution in [3.63, 3.8) is 0 Å². The summed E-state index contributed by atoms with van der Waals surface area (Å²) in [5.74, 6) is 2.43. The summed E-state index contributed by atoms with van der Waals surface area (Å²) in [6.07, 6.45) is 9.20. The Morgan fingerprint density at radius 1 is 1.00 bits per heavy atom. The zero-order valence-electron chi connectivity index (χ0n) is 20.3. The first-order valence-electron chi connectivity index (χ1n) is 12.9. The first-order valence-corrected chi connectivity index (χ1v) is 12.9. The summed E-state index contributed by atoms with van der Waals surface area (Å²) in [7, 11) is 0. The van der Waals surface area contributed by atoms with Gasteiger partial charge in [0.15, 0.2) is 0 Å². The Morgan fingerprint density at radius 3 is 2.39 bits per heavy atom. The third kappa shape index (κ3) is 3.55. The molecule has 11 atom stereocenters. The zero-order chi connectivity index (χ0) is 22.8. The van der Waals surface area contributed by atoms with E-state index in [0.717, 1.165) is 19.3 Å². The van der Waals surface area contributed by atoms with Crippen molar-refractivity contribution >= 4 is 0 Å². The lowest BCUT2D eigenvalue weighted by atomic mass is 9.41. The molecule has 0 aromatic carbocycles. The molecule has 4 aliphatic carbocycles. The molecular weight excluding hydrogens is 388 g/mol. The van der Waals surface area contributed by atoms with Gasteiger partial charge in [0.2, 0.25) is 0 Å². The number of rotatable bonds is 4. The van der Waals surface area contributed by atoms with E-state index >= 15 is 0 Å². The number of allylic oxidation sites excluding steroid dienone is 2. The molecule has 4 fully saturated rings. The highest BCUT2D eigenvalue weighted by atomic mass is 16.3. The van der Waals surface area contributed by atoms with Gasteiger partial charge in [0, 0.05) is 11.8 Å². The lowest BCUT2D eigenvalue weighted by Crippen LogP contribution is -2.71. The van der Waals surface area contributed by atoms with Gasteiger partial charge in [0.05, 0.1) is 23.9 Å². The second kappa shape index (κ2) is 8.11. The van der Waals surface area contributed by atoms with E-state index in [1.807, 2.05) is 0 Å². The summed E-state index contributed by atoms with van der Waals surface area (Å²) >= 11 is 0. The van der Waals surface area contributed by atoms with Crippen molar-refractivity contribution in [1.29, 1.82) is 0 Å². The van der Waals surface area contributed by atoms with Gasteiger partial charge < -0.3 is 20.4 Å². The van der Waals surface area contributed by atoms with Crippen LogP contribution in [0.4, 0.5) is 0 Å². The van der Waals surface area contributed by atoms with E-state index in [2.05, 4.69) is 46.8 Å². The zero-order valence-corrected chi connectivity index (χ0v) is 20.3. The predicted molar refractivity (Wildman–Crippen MR) is 123 cm³/mol. The Kier molecular flexibility index (Phi) is 6.21. The maximum atomic E-state index is 11.6. The smallest absolute Gasteiger partial charge is 0.0986 e. The van der Waals surface area contributed by atoms with Gasteiger partial charge in [-0.15, -0.1) is 0 Å². The van der Waals surface area contributed by atoms with Gasteiger partial charge in [-0.05, 0) is 85.9 Å². The summed E-state index contributed by atoms with van der Waals surface area (Å²) < 4.78 is 0. The number of aliphatic hydroxyl groups excluding tert-OH is 3. The lowest BCUT2D eigenvalue weighted by molar-refractivity contribution is -0.282. The molecule has 0 heterocycles. The minimum atomic E-state index is -1.30. The molecule has 4 saturated carbocycles. The molecule has 0 bridgehead atoms. The topological polar surface area (TPSA) is 80.9 Å². The Balaban J connectivity index is 1.62. The predicted octanol–water partition coefficient (Wildman–Crippen LogP) is 4.30. The molecule has 0 aliphatic heterocycles. The van der Waals surface area contributed by atoms with Crippen LogP contribution in [0.25, 0.3) is 0 Å². The highest BCUT2D eigenvalue weighted by Gasteiger charge is 2.69. The SMILES string of the molecule is CC(C)C/C=C/[C@@H](C)[C@H]1CC[C@H]2[C@@H]3C[C@@H](O)[C@@]4(O)C[C@@H](O)CC[C@]4(C)[C@H]3[C@@H](O)C[C@]12C.